The zero-order valence-electron chi connectivity index (χ0n) is 17.0. The van der Waals surface area contributed by atoms with Gasteiger partial charge in [-0.15, -0.1) is 0 Å². The number of nitrogens with one attached hydrogen (secondary N) is 1. The number of carbonyl (C=O) groups is 1. The summed E-state index contributed by atoms with van der Waals surface area (Å²) in [6.45, 7) is 6.24. The maximum absolute atomic E-state index is 12.4. The molecule has 0 amide bonds. The predicted molar refractivity (Wildman–Crippen MR) is 110 cm³/mol. The van der Waals surface area contributed by atoms with Crippen LogP contribution in [0.4, 0.5) is 11.7 Å². The van der Waals surface area contributed by atoms with E-state index >= 15 is 0 Å². The molecule has 0 radical (unpaired) electrons. The number of carbonyl (C=O) groups excluding carboxylic acids is 1. The molecule has 2 aliphatic heterocycles. The fourth-order valence-corrected chi connectivity index (χ4v) is 3.31. The second-order valence-corrected chi connectivity index (χ2v) is 7.30. The molecular formula is C21H23N3O6. The van der Waals surface area contributed by atoms with Crippen LogP contribution in [0.1, 0.15) is 42.5 Å². The van der Waals surface area contributed by atoms with Crippen molar-refractivity contribution in [2.75, 3.05) is 25.1 Å². The van der Waals surface area contributed by atoms with Gasteiger partial charge >= 0.3 is 5.97 Å². The summed E-state index contributed by atoms with van der Waals surface area (Å²) in [5, 5.41) is 13.7. The van der Waals surface area contributed by atoms with E-state index in [9.17, 15) is 9.90 Å². The lowest BCUT2D eigenvalue weighted by atomic mass is 10.1. The number of pyridine rings is 1. The minimum absolute atomic E-state index is 0.0665. The minimum Gasteiger partial charge on any atom is -0.504 e. The zero-order chi connectivity index (χ0) is 21.3. The molecule has 9 nitrogen and oxygen atoms in total. The molecule has 2 aliphatic rings. The van der Waals surface area contributed by atoms with E-state index in [4.69, 9.17) is 18.6 Å². The second kappa shape index (κ2) is 7.92. The summed E-state index contributed by atoms with van der Waals surface area (Å²) >= 11 is 0. The first-order valence-corrected chi connectivity index (χ1v) is 9.67. The highest BCUT2D eigenvalue weighted by atomic mass is 16.7. The molecule has 1 unspecified atom stereocenters. The summed E-state index contributed by atoms with van der Waals surface area (Å²) in [4.78, 5) is 20.9. The standard InChI is InChI=1S/C21H23N3O6/c1-4-27-20(26)16-17(25)15(8-12-9-23-18-14(12)6-5-7-22-18)29-19(16)24-10-13-11-28-21(2,3)30-13/h5-9,13,24-25H,4,10-11H2,1-3H3. The van der Waals surface area contributed by atoms with E-state index in [0.717, 1.165) is 5.56 Å². The van der Waals surface area contributed by atoms with E-state index in [2.05, 4.69) is 15.3 Å². The number of hydrogen-bond acceptors (Lipinski definition) is 9. The molecule has 0 aliphatic carbocycles. The van der Waals surface area contributed by atoms with Crippen molar-refractivity contribution in [2.45, 2.75) is 32.7 Å². The molecule has 158 valence electrons. The van der Waals surface area contributed by atoms with Crippen LogP contribution in [0.3, 0.4) is 0 Å². The average molecular weight is 413 g/mol. The highest BCUT2D eigenvalue weighted by molar-refractivity contribution is 6.21. The maximum Gasteiger partial charge on any atom is 0.347 e. The topological polar surface area (TPSA) is 115 Å². The van der Waals surface area contributed by atoms with Gasteiger partial charge < -0.3 is 29.1 Å². The summed E-state index contributed by atoms with van der Waals surface area (Å²) in [5.74, 6) is -0.856. The molecular weight excluding hydrogens is 390 g/mol. The summed E-state index contributed by atoms with van der Waals surface area (Å²) in [6, 6.07) is 3.66. The van der Waals surface area contributed by atoms with Crippen molar-refractivity contribution in [1.29, 1.82) is 0 Å². The Morgan fingerprint density at radius 3 is 3.03 bits per heavy atom. The van der Waals surface area contributed by atoms with Crippen LogP contribution >= 0.6 is 0 Å². The number of fused-ring (bicyclic) bond motifs is 1. The number of allylic oxidation sites excluding steroid dienone is 1. The molecule has 2 N–H and O–H groups in total. The van der Waals surface area contributed by atoms with E-state index in [1.165, 1.54) is 0 Å². The van der Waals surface area contributed by atoms with Crippen LogP contribution in [-0.2, 0) is 14.2 Å². The van der Waals surface area contributed by atoms with E-state index in [-0.39, 0.29) is 35.7 Å². The molecule has 30 heavy (non-hydrogen) atoms. The fourth-order valence-electron chi connectivity index (χ4n) is 3.31. The van der Waals surface area contributed by atoms with Gasteiger partial charge in [-0.1, -0.05) is 0 Å². The van der Waals surface area contributed by atoms with Gasteiger partial charge in [0.15, 0.2) is 28.7 Å². The second-order valence-electron chi connectivity index (χ2n) is 7.30. The number of nitrogens with zero attached hydrogens (tertiary/aromatic N) is 2. The lowest BCUT2D eigenvalue weighted by Gasteiger charge is -2.17. The first-order chi connectivity index (χ1) is 14.4. The summed E-state index contributed by atoms with van der Waals surface area (Å²) in [7, 11) is 0. The van der Waals surface area contributed by atoms with Gasteiger partial charge in [-0.05, 0) is 39.0 Å². The summed E-state index contributed by atoms with van der Waals surface area (Å²) in [5.41, 5.74) is 1.45. The van der Waals surface area contributed by atoms with Crippen molar-refractivity contribution in [1.82, 2.24) is 4.98 Å². The third kappa shape index (κ3) is 3.94. The van der Waals surface area contributed by atoms with E-state index in [1.807, 2.05) is 19.9 Å². The Kier molecular flexibility index (Phi) is 5.31. The van der Waals surface area contributed by atoms with Crippen LogP contribution in [-0.4, -0.2) is 53.9 Å². The molecule has 0 spiro atoms. The van der Waals surface area contributed by atoms with Gasteiger partial charge in [-0.25, -0.2) is 14.8 Å². The Morgan fingerprint density at radius 1 is 1.47 bits per heavy atom. The number of rotatable bonds is 6. The van der Waals surface area contributed by atoms with Gasteiger partial charge in [-0.3, -0.25) is 0 Å². The van der Waals surface area contributed by atoms with E-state index in [1.54, 1.807) is 31.5 Å². The van der Waals surface area contributed by atoms with Crippen molar-refractivity contribution in [3.63, 3.8) is 0 Å². The van der Waals surface area contributed by atoms with Crippen LogP contribution in [0, 0.1) is 0 Å². The molecule has 0 aromatic carbocycles. The monoisotopic (exact) mass is 413 g/mol. The van der Waals surface area contributed by atoms with Gasteiger partial charge in [0.05, 0.1) is 13.2 Å². The van der Waals surface area contributed by atoms with Gasteiger partial charge in [0.1, 0.15) is 6.10 Å². The molecule has 1 atom stereocenters. The van der Waals surface area contributed by atoms with Crippen LogP contribution in [0.15, 0.2) is 27.7 Å². The largest absolute Gasteiger partial charge is 0.504 e. The normalized spacial score (nSPS) is 20.5. The first kappa shape index (κ1) is 20.1. The van der Waals surface area contributed by atoms with Gasteiger partial charge in [0.25, 0.3) is 0 Å². The van der Waals surface area contributed by atoms with Crippen molar-refractivity contribution in [3.8, 4) is 5.75 Å². The molecule has 4 rings (SSSR count). The highest BCUT2D eigenvalue weighted by Crippen LogP contribution is 2.38. The van der Waals surface area contributed by atoms with Crippen molar-refractivity contribution in [2.24, 2.45) is 4.99 Å². The van der Waals surface area contributed by atoms with Crippen molar-refractivity contribution < 1.29 is 28.5 Å². The number of furan rings is 1. The number of aromatic nitrogens is 1. The Labute approximate surface area is 173 Å². The van der Waals surface area contributed by atoms with Crippen molar-refractivity contribution in [3.05, 3.63) is 35.2 Å². The lowest BCUT2D eigenvalue weighted by molar-refractivity contribution is -0.136. The number of hydrogen-bond donors (Lipinski definition) is 2. The van der Waals surface area contributed by atoms with Crippen LogP contribution in [0.25, 0.3) is 11.6 Å². The van der Waals surface area contributed by atoms with Gasteiger partial charge in [0, 0.05) is 30.1 Å². The molecule has 9 heteroatoms. The van der Waals surface area contributed by atoms with E-state index in [0.29, 0.717) is 24.5 Å². The number of esters is 1. The van der Waals surface area contributed by atoms with Crippen molar-refractivity contribution >= 4 is 35.5 Å². The van der Waals surface area contributed by atoms with Crippen LogP contribution < -0.4 is 5.32 Å². The molecule has 0 saturated carbocycles. The Bertz CT molecular complexity index is 1020. The highest BCUT2D eigenvalue weighted by Gasteiger charge is 2.33. The lowest BCUT2D eigenvalue weighted by Crippen LogP contribution is -2.26. The summed E-state index contributed by atoms with van der Waals surface area (Å²) in [6.07, 6.45) is 4.66. The van der Waals surface area contributed by atoms with Crippen LogP contribution in [0.2, 0.25) is 0 Å². The fraction of sp³-hybridized carbons (Fsp3) is 0.381. The minimum atomic E-state index is -0.683. The van der Waals surface area contributed by atoms with Crippen LogP contribution in [0.5, 0.6) is 5.75 Å². The maximum atomic E-state index is 12.4. The Balaban J connectivity index is 1.62. The molecule has 2 aromatic heterocycles. The Hall–Kier alpha value is -3.17. The average Bonchev–Trinajstić information content (AvgIpc) is 3.37. The number of ether oxygens (including phenoxy) is 3. The first-order valence-electron chi connectivity index (χ1n) is 9.67. The smallest absolute Gasteiger partial charge is 0.347 e. The Morgan fingerprint density at radius 2 is 2.30 bits per heavy atom. The SMILES string of the molecule is CCOC(=O)c1c(NCC2COC(C)(C)O2)oc(C=C2C=Nc3ncccc32)c1O. The predicted octanol–water partition coefficient (Wildman–Crippen LogP) is 3.38. The quantitative estimate of drug-likeness (QED) is 0.693. The van der Waals surface area contributed by atoms with E-state index < -0.39 is 11.8 Å². The summed E-state index contributed by atoms with van der Waals surface area (Å²) < 4.78 is 22.2. The third-order valence-corrected chi connectivity index (χ3v) is 4.66. The molecule has 2 aromatic rings. The molecule has 4 heterocycles. The zero-order valence-corrected chi connectivity index (χ0v) is 17.0. The molecule has 1 fully saturated rings. The van der Waals surface area contributed by atoms with Gasteiger partial charge in [-0.2, -0.15) is 0 Å². The third-order valence-electron chi connectivity index (χ3n) is 4.66. The molecule has 0 bridgehead atoms. The number of anilines is 1. The number of aromatic hydroxyl groups is 1. The number of aliphatic imine (C=N–C) groups is 1. The molecule has 1 saturated heterocycles. The van der Waals surface area contributed by atoms with Gasteiger partial charge in [0.2, 0.25) is 5.88 Å².